The first kappa shape index (κ1) is 12.6. The second kappa shape index (κ2) is 7.45. The van der Waals surface area contributed by atoms with E-state index in [1.807, 2.05) is 23.1 Å². The molecule has 1 aliphatic rings. The molecule has 0 saturated carbocycles. The largest absolute Gasteiger partial charge is 0.317 e. The van der Waals surface area contributed by atoms with E-state index in [1.165, 1.54) is 38.9 Å². The Morgan fingerprint density at radius 2 is 1.82 bits per heavy atom. The molecule has 1 N–H and O–H groups in total. The lowest BCUT2D eigenvalue weighted by Crippen LogP contribution is -2.25. The molecule has 0 atom stereocenters. The highest BCUT2D eigenvalue weighted by atomic mass is 15.3. The van der Waals surface area contributed by atoms with Crippen molar-refractivity contribution in [3.05, 3.63) is 18.5 Å². The second-order valence-corrected chi connectivity index (χ2v) is 4.77. The number of likely N-dealkylation sites (tertiary alicyclic amines) is 1. The van der Waals surface area contributed by atoms with Crippen LogP contribution in [0.5, 0.6) is 0 Å². The zero-order chi connectivity index (χ0) is 11.8. The van der Waals surface area contributed by atoms with E-state index in [-0.39, 0.29) is 0 Å². The van der Waals surface area contributed by atoms with Crippen LogP contribution in [0.15, 0.2) is 18.5 Å². The average molecular weight is 236 g/mol. The molecule has 1 saturated heterocycles. The van der Waals surface area contributed by atoms with Crippen LogP contribution in [0.25, 0.3) is 0 Å². The Morgan fingerprint density at radius 1 is 1.06 bits per heavy atom. The highest BCUT2D eigenvalue weighted by molar-refractivity contribution is 4.77. The molecule has 17 heavy (non-hydrogen) atoms. The van der Waals surface area contributed by atoms with Gasteiger partial charge in [0, 0.05) is 18.9 Å². The summed E-state index contributed by atoms with van der Waals surface area (Å²) in [5, 5.41) is 7.69. The first-order chi connectivity index (χ1) is 8.45. The summed E-state index contributed by atoms with van der Waals surface area (Å²) in [7, 11) is 0. The summed E-state index contributed by atoms with van der Waals surface area (Å²) in [6, 6.07) is 1.98. The first-order valence-corrected chi connectivity index (χ1v) is 6.86. The van der Waals surface area contributed by atoms with Crippen LogP contribution in [0.3, 0.4) is 0 Å². The minimum absolute atomic E-state index is 1.02. The van der Waals surface area contributed by atoms with Crippen LogP contribution in [-0.2, 0) is 6.54 Å². The van der Waals surface area contributed by atoms with E-state index in [9.17, 15) is 0 Å². The number of aryl methyl sites for hydroxylation is 1. The molecular weight excluding hydrogens is 212 g/mol. The van der Waals surface area contributed by atoms with Gasteiger partial charge in [-0.2, -0.15) is 5.10 Å². The fourth-order valence-corrected chi connectivity index (χ4v) is 2.36. The summed E-state index contributed by atoms with van der Waals surface area (Å²) in [5.74, 6) is 0. The van der Waals surface area contributed by atoms with Gasteiger partial charge in [-0.3, -0.25) is 4.68 Å². The molecule has 1 fully saturated rings. The van der Waals surface area contributed by atoms with Gasteiger partial charge in [0.25, 0.3) is 0 Å². The Hall–Kier alpha value is -0.870. The van der Waals surface area contributed by atoms with Crippen molar-refractivity contribution in [3.8, 4) is 0 Å². The van der Waals surface area contributed by atoms with Crippen molar-refractivity contribution in [1.29, 1.82) is 0 Å². The van der Waals surface area contributed by atoms with Crippen LogP contribution in [-0.4, -0.2) is 47.4 Å². The minimum atomic E-state index is 1.02. The molecule has 0 aliphatic carbocycles. The molecule has 0 bridgehead atoms. The average Bonchev–Trinajstić information content (AvgIpc) is 3.00. The normalized spacial score (nSPS) is 16.7. The van der Waals surface area contributed by atoms with Crippen LogP contribution in [0.2, 0.25) is 0 Å². The molecule has 2 rings (SSSR count). The highest BCUT2D eigenvalue weighted by Gasteiger charge is 2.09. The third-order valence-corrected chi connectivity index (χ3v) is 3.33. The molecule has 4 heteroatoms. The molecule has 0 radical (unpaired) electrons. The first-order valence-electron chi connectivity index (χ1n) is 6.86. The summed E-state index contributed by atoms with van der Waals surface area (Å²) >= 11 is 0. The zero-order valence-corrected chi connectivity index (χ0v) is 10.6. The molecule has 0 amide bonds. The van der Waals surface area contributed by atoms with Gasteiger partial charge in [-0.05, 0) is 64.5 Å². The van der Waals surface area contributed by atoms with E-state index in [1.54, 1.807) is 0 Å². The van der Waals surface area contributed by atoms with Crippen LogP contribution in [0.4, 0.5) is 0 Å². The fraction of sp³-hybridized carbons (Fsp3) is 0.769. The summed E-state index contributed by atoms with van der Waals surface area (Å²) in [6.07, 6.45) is 9.10. The van der Waals surface area contributed by atoms with Gasteiger partial charge in [0.05, 0.1) is 0 Å². The SMILES string of the molecule is c1cnn(CCCNCCCN2CCCC2)c1. The molecule has 0 unspecified atom stereocenters. The molecular formula is C13H24N4. The second-order valence-electron chi connectivity index (χ2n) is 4.77. The van der Waals surface area contributed by atoms with Crippen molar-refractivity contribution in [2.24, 2.45) is 0 Å². The number of rotatable bonds is 8. The number of nitrogens with one attached hydrogen (secondary N) is 1. The summed E-state index contributed by atoms with van der Waals surface area (Å²) in [4.78, 5) is 2.57. The lowest BCUT2D eigenvalue weighted by Gasteiger charge is -2.14. The van der Waals surface area contributed by atoms with E-state index in [0.717, 1.165) is 26.1 Å². The van der Waals surface area contributed by atoms with Gasteiger partial charge in [0.1, 0.15) is 0 Å². The van der Waals surface area contributed by atoms with Crippen molar-refractivity contribution < 1.29 is 0 Å². The highest BCUT2D eigenvalue weighted by Crippen LogP contribution is 2.06. The maximum Gasteiger partial charge on any atom is 0.0489 e. The quantitative estimate of drug-likeness (QED) is 0.692. The van der Waals surface area contributed by atoms with Crippen molar-refractivity contribution in [2.45, 2.75) is 32.2 Å². The Kier molecular flexibility index (Phi) is 5.52. The van der Waals surface area contributed by atoms with Gasteiger partial charge >= 0.3 is 0 Å². The molecule has 1 aliphatic heterocycles. The van der Waals surface area contributed by atoms with Crippen LogP contribution >= 0.6 is 0 Å². The van der Waals surface area contributed by atoms with Crippen molar-refractivity contribution in [3.63, 3.8) is 0 Å². The van der Waals surface area contributed by atoms with Crippen molar-refractivity contribution >= 4 is 0 Å². The van der Waals surface area contributed by atoms with E-state index in [2.05, 4.69) is 15.3 Å². The van der Waals surface area contributed by atoms with Gasteiger partial charge in [-0.25, -0.2) is 0 Å². The maximum absolute atomic E-state index is 4.18. The Labute approximate surface area is 104 Å². The predicted octanol–water partition coefficient (Wildman–Crippen LogP) is 1.35. The molecule has 0 aromatic carbocycles. The molecule has 1 aromatic rings. The van der Waals surface area contributed by atoms with E-state index in [0.29, 0.717) is 0 Å². The molecule has 1 aromatic heterocycles. The fourth-order valence-electron chi connectivity index (χ4n) is 2.36. The van der Waals surface area contributed by atoms with E-state index >= 15 is 0 Å². The lowest BCUT2D eigenvalue weighted by atomic mass is 10.3. The number of aromatic nitrogens is 2. The summed E-state index contributed by atoms with van der Waals surface area (Å²) in [6.45, 7) is 7.17. The van der Waals surface area contributed by atoms with Gasteiger partial charge in [-0.1, -0.05) is 0 Å². The molecule has 2 heterocycles. The molecule has 4 nitrogen and oxygen atoms in total. The standard InChI is InChI=1S/C13H24N4/c1-2-10-16(9-1)11-3-6-14-7-4-12-17-13-5-8-15-17/h5,8,13-14H,1-4,6-7,9-12H2. The van der Waals surface area contributed by atoms with Gasteiger partial charge < -0.3 is 10.2 Å². The minimum Gasteiger partial charge on any atom is -0.317 e. The van der Waals surface area contributed by atoms with Gasteiger partial charge in [0.2, 0.25) is 0 Å². The summed E-state index contributed by atoms with van der Waals surface area (Å²) in [5.41, 5.74) is 0. The Balaban J connectivity index is 1.39. The number of nitrogens with zero attached hydrogens (tertiary/aromatic N) is 3. The zero-order valence-electron chi connectivity index (χ0n) is 10.6. The Morgan fingerprint density at radius 3 is 2.53 bits per heavy atom. The van der Waals surface area contributed by atoms with Crippen molar-refractivity contribution in [2.75, 3.05) is 32.7 Å². The van der Waals surface area contributed by atoms with Gasteiger partial charge in [-0.15, -0.1) is 0 Å². The van der Waals surface area contributed by atoms with E-state index < -0.39 is 0 Å². The lowest BCUT2D eigenvalue weighted by molar-refractivity contribution is 0.330. The van der Waals surface area contributed by atoms with Crippen LogP contribution in [0, 0.1) is 0 Å². The third kappa shape index (κ3) is 4.88. The monoisotopic (exact) mass is 236 g/mol. The summed E-state index contributed by atoms with van der Waals surface area (Å²) < 4.78 is 1.99. The smallest absolute Gasteiger partial charge is 0.0489 e. The number of hydrogen-bond acceptors (Lipinski definition) is 3. The number of hydrogen-bond donors (Lipinski definition) is 1. The topological polar surface area (TPSA) is 33.1 Å². The third-order valence-electron chi connectivity index (χ3n) is 3.33. The van der Waals surface area contributed by atoms with Crippen molar-refractivity contribution in [1.82, 2.24) is 20.0 Å². The Bertz CT molecular complexity index is 278. The van der Waals surface area contributed by atoms with Gasteiger partial charge in [0.15, 0.2) is 0 Å². The molecule has 0 spiro atoms. The van der Waals surface area contributed by atoms with E-state index in [4.69, 9.17) is 0 Å². The predicted molar refractivity (Wildman–Crippen MR) is 70.0 cm³/mol. The molecule has 96 valence electrons. The van der Waals surface area contributed by atoms with Crippen LogP contribution < -0.4 is 5.32 Å². The van der Waals surface area contributed by atoms with Crippen LogP contribution in [0.1, 0.15) is 25.7 Å². The maximum atomic E-state index is 4.18.